The van der Waals surface area contributed by atoms with Crippen molar-refractivity contribution < 1.29 is 22.7 Å². The molecule has 1 fully saturated rings. The molecular formula is C7H12O5S. The lowest BCUT2D eigenvalue weighted by atomic mass is 10.4. The minimum atomic E-state index is -3.06. The van der Waals surface area contributed by atoms with Gasteiger partial charge < -0.3 is 9.47 Å². The molecule has 6 heteroatoms. The molecule has 0 radical (unpaired) electrons. The number of sulfone groups is 1. The molecular weight excluding hydrogens is 196 g/mol. The fraction of sp³-hybridized carbons (Fsp3) is 0.857. The van der Waals surface area contributed by atoms with Gasteiger partial charge in [0.25, 0.3) is 0 Å². The summed E-state index contributed by atoms with van der Waals surface area (Å²) in [6.07, 6.45) is -0.879. The zero-order valence-electron chi connectivity index (χ0n) is 7.30. The standard InChI is InChI=1S/C7H12O5S/c1-2-13(9,10)5-6-4-11-7(3-8)12-6/h3,6-7H,2,4-5H2,1H3. The van der Waals surface area contributed by atoms with Crippen molar-refractivity contribution >= 4 is 16.1 Å². The molecule has 2 atom stereocenters. The van der Waals surface area contributed by atoms with Crippen LogP contribution in [0, 0.1) is 0 Å². The Balaban J connectivity index is 2.45. The first-order valence-corrected chi connectivity index (χ1v) is 5.82. The molecule has 1 heterocycles. The summed E-state index contributed by atoms with van der Waals surface area (Å²) in [4.78, 5) is 10.2. The maximum Gasteiger partial charge on any atom is 0.215 e. The molecule has 0 amide bonds. The predicted octanol–water partition coefficient (Wildman–Crippen LogP) is -0.639. The lowest BCUT2D eigenvalue weighted by Crippen LogP contribution is -2.24. The van der Waals surface area contributed by atoms with Gasteiger partial charge in [0.15, 0.2) is 16.1 Å². The van der Waals surface area contributed by atoms with Gasteiger partial charge in [0.05, 0.1) is 18.5 Å². The number of aldehydes is 1. The first-order chi connectivity index (χ1) is 6.07. The molecule has 1 saturated heterocycles. The van der Waals surface area contributed by atoms with Crippen LogP contribution in [0.5, 0.6) is 0 Å². The monoisotopic (exact) mass is 208 g/mol. The number of carbonyl (C=O) groups is 1. The van der Waals surface area contributed by atoms with Gasteiger partial charge in [0.1, 0.15) is 0 Å². The van der Waals surface area contributed by atoms with Gasteiger partial charge in [-0.1, -0.05) is 6.92 Å². The van der Waals surface area contributed by atoms with E-state index in [2.05, 4.69) is 0 Å². The Morgan fingerprint density at radius 2 is 2.23 bits per heavy atom. The quantitative estimate of drug-likeness (QED) is 0.575. The fourth-order valence-electron chi connectivity index (χ4n) is 1.03. The summed E-state index contributed by atoms with van der Waals surface area (Å²) in [7, 11) is -3.06. The van der Waals surface area contributed by atoms with Crippen LogP contribution in [0.15, 0.2) is 0 Å². The Hall–Kier alpha value is -0.460. The molecule has 0 aromatic rings. The van der Waals surface area contributed by atoms with Gasteiger partial charge in [-0.2, -0.15) is 0 Å². The van der Waals surface area contributed by atoms with Gasteiger partial charge in [-0.25, -0.2) is 8.42 Å². The van der Waals surface area contributed by atoms with Gasteiger partial charge >= 0.3 is 0 Å². The van der Waals surface area contributed by atoms with Crippen molar-refractivity contribution in [3.63, 3.8) is 0 Å². The SMILES string of the molecule is CCS(=O)(=O)CC1COC(C=O)O1. The molecule has 0 aromatic carbocycles. The number of carbonyl (C=O) groups excluding carboxylic acids is 1. The van der Waals surface area contributed by atoms with Crippen molar-refractivity contribution in [1.82, 2.24) is 0 Å². The van der Waals surface area contributed by atoms with Crippen LogP contribution in [-0.2, 0) is 24.1 Å². The largest absolute Gasteiger partial charge is 0.343 e. The second kappa shape index (κ2) is 4.17. The summed E-state index contributed by atoms with van der Waals surface area (Å²) in [5, 5.41) is 0. The van der Waals surface area contributed by atoms with E-state index in [0.717, 1.165) is 0 Å². The molecule has 1 aliphatic heterocycles. The second-order valence-corrected chi connectivity index (χ2v) is 5.19. The molecule has 2 unspecified atom stereocenters. The van der Waals surface area contributed by atoms with Gasteiger partial charge in [0, 0.05) is 5.75 Å². The summed E-state index contributed by atoms with van der Waals surface area (Å²) in [6.45, 7) is 1.74. The van der Waals surface area contributed by atoms with Crippen molar-refractivity contribution in [2.45, 2.75) is 19.3 Å². The zero-order valence-corrected chi connectivity index (χ0v) is 8.12. The summed E-state index contributed by atoms with van der Waals surface area (Å²) in [6, 6.07) is 0. The maximum absolute atomic E-state index is 11.1. The minimum absolute atomic E-state index is 0.0756. The summed E-state index contributed by atoms with van der Waals surface area (Å²) < 4.78 is 32.1. The molecule has 0 aromatic heterocycles. The lowest BCUT2D eigenvalue weighted by Gasteiger charge is -2.06. The minimum Gasteiger partial charge on any atom is -0.343 e. The highest BCUT2D eigenvalue weighted by atomic mass is 32.2. The van der Waals surface area contributed by atoms with E-state index in [1.54, 1.807) is 6.92 Å². The smallest absolute Gasteiger partial charge is 0.215 e. The van der Waals surface area contributed by atoms with Crippen LogP contribution >= 0.6 is 0 Å². The topological polar surface area (TPSA) is 69.7 Å². The van der Waals surface area contributed by atoms with Crippen LogP contribution < -0.4 is 0 Å². The number of hydrogen-bond acceptors (Lipinski definition) is 5. The number of hydrogen-bond donors (Lipinski definition) is 0. The van der Waals surface area contributed by atoms with E-state index in [4.69, 9.17) is 9.47 Å². The highest BCUT2D eigenvalue weighted by molar-refractivity contribution is 7.91. The summed E-state index contributed by atoms with van der Waals surface area (Å²) in [5.41, 5.74) is 0. The molecule has 0 spiro atoms. The van der Waals surface area contributed by atoms with Crippen molar-refractivity contribution in [3.05, 3.63) is 0 Å². The van der Waals surface area contributed by atoms with E-state index in [9.17, 15) is 13.2 Å². The van der Waals surface area contributed by atoms with Gasteiger partial charge in [0.2, 0.25) is 6.29 Å². The second-order valence-electron chi connectivity index (χ2n) is 2.79. The van der Waals surface area contributed by atoms with Crippen LogP contribution in [0.4, 0.5) is 0 Å². The molecule has 0 N–H and O–H groups in total. The maximum atomic E-state index is 11.1. The third-order valence-corrected chi connectivity index (χ3v) is 3.52. The molecule has 5 nitrogen and oxygen atoms in total. The third kappa shape index (κ3) is 3.06. The van der Waals surface area contributed by atoms with Crippen molar-refractivity contribution in [3.8, 4) is 0 Å². The Morgan fingerprint density at radius 1 is 1.54 bits per heavy atom. The number of rotatable bonds is 4. The summed E-state index contributed by atoms with van der Waals surface area (Å²) >= 11 is 0. The van der Waals surface area contributed by atoms with Crippen LogP contribution in [0.1, 0.15) is 6.92 Å². The third-order valence-electron chi connectivity index (χ3n) is 1.76. The molecule has 0 aliphatic carbocycles. The highest BCUT2D eigenvalue weighted by Gasteiger charge is 2.28. The van der Waals surface area contributed by atoms with E-state index in [0.29, 0.717) is 6.29 Å². The molecule has 76 valence electrons. The Morgan fingerprint density at radius 3 is 2.69 bits per heavy atom. The normalized spacial score (nSPS) is 29.0. The molecule has 1 aliphatic rings. The van der Waals surface area contributed by atoms with Crippen molar-refractivity contribution in [1.29, 1.82) is 0 Å². The first-order valence-electron chi connectivity index (χ1n) is 4.00. The van der Waals surface area contributed by atoms with E-state index >= 15 is 0 Å². The fourth-order valence-corrected chi connectivity index (χ4v) is 2.01. The Kier molecular flexibility index (Phi) is 3.40. The van der Waals surface area contributed by atoms with E-state index < -0.39 is 22.2 Å². The van der Waals surface area contributed by atoms with Crippen LogP contribution in [0.3, 0.4) is 0 Å². The van der Waals surface area contributed by atoms with Gasteiger partial charge in [-0.3, -0.25) is 4.79 Å². The zero-order chi connectivity index (χ0) is 9.90. The van der Waals surface area contributed by atoms with E-state index in [-0.39, 0.29) is 18.1 Å². The Bertz CT molecular complexity index is 271. The average Bonchev–Trinajstić information content (AvgIpc) is 2.52. The number of ether oxygens (including phenoxy) is 2. The van der Waals surface area contributed by atoms with Crippen LogP contribution in [-0.4, -0.2) is 45.2 Å². The summed E-state index contributed by atoms with van der Waals surface area (Å²) in [5.74, 6) is 0.00640. The van der Waals surface area contributed by atoms with Crippen molar-refractivity contribution in [2.75, 3.05) is 18.1 Å². The van der Waals surface area contributed by atoms with E-state index in [1.807, 2.05) is 0 Å². The Labute approximate surface area is 76.9 Å². The molecule has 0 saturated carbocycles. The lowest BCUT2D eigenvalue weighted by molar-refractivity contribution is -0.132. The molecule has 13 heavy (non-hydrogen) atoms. The van der Waals surface area contributed by atoms with E-state index in [1.165, 1.54) is 0 Å². The van der Waals surface area contributed by atoms with Gasteiger partial charge in [-0.05, 0) is 0 Å². The van der Waals surface area contributed by atoms with Crippen molar-refractivity contribution in [2.24, 2.45) is 0 Å². The predicted molar refractivity (Wildman–Crippen MR) is 45.0 cm³/mol. The van der Waals surface area contributed by atoms with Crippen LogP contribution in [0.25, 0.3) is 0 Å². The van der Waals surface area contributed by atoms with Gasteiger partial charge in [-0.15, -0.1) is 0 Å². The molecule has 0 bridgehead atoms. The average molecular weight is 208 g/mol. The molecule has 1 rings (SSSR count). The first kappa shape index (κ1) is 10.6. The van der Waals surface area contributed by atoms with Crippen LogP contribution in [0.2, 0.25) is 0 Å². The highest BCUT2D eigenvalue weighted by Crippen LogP contribution is 2.11.